The molecule has 1 aromatic carbocycles. The normalized spacial score (nSPS) is 13.1. The highest BCUT2D eigenvalue weighted by molar-refractivity contribution is 7.99. The van der Waals surface area contributed by atoms with Crippen LogP contribution in [0, 0.1) is 5.92 Å². The van der Waals surface area contributed by atoms with Crippen LogP contribution in [0.2, 0.25) is 0 Å². The average Bonchev–Trinajstić information content (AvgIpc) is 2.58. The number of methoxy groups -OCH3 is 1. The van der Waals surface area contributed by atoms with Crippen LogP contribution in [-0.2, 0) is 4.79 Å². The third-order valence-electron chi connectivity index (χ3n) is 3.36. The lowest BCUT2D eigenvalue weighted by molar-refractivity contribution is -0.121. The molecule has 0 aliphatic rings. The number of guanidine groups is 1. The third kappa shape index (κ3) is 8.99. The van der Waals surface area contributed by atoms with Crippen LogP contribution in [0.25, 0.3) is 0 Å². The van der Waals surface area contributed by atoms with Gasteiger partial charge in [0, 0.05) is 29.8 Å². The van der Waals surface area contributed by atoms with Crippen molar-refractivity contribution in [3.63, 3.8) is 0 Å². The quantitative estimate of drug-likeness (QED) is 0.367. The first-order valence-corrected chi connectivity index (χ1v) is 9.75. The van der Waals surface area contributed by atoms with Gasteiger partial charge >= 0.3 is 0 Å². The summed E-state index contributed by atoms with van der Waals surface area (Å²) >= 11 is 1.77. The van der Waals surface area contributed by atoms with Crippen LogP contribution in [0.3, 0.4) is 0 Å². The van der Waals surface area contributed by atoms with E-state index in [2.05, 4.69) is 33.9 Å². The molecule has 0 aromatic heterocycles. The highest BCUT2D eigenvalue weighted by Gasteiger charge is 2.14. The van der Waals surface area contributed by atoms with Crippen LogP contribution in [0.1, 0.15) is 27.7 Å². The molecule has 1 atom stereocenters. The van der Waals surface area contributed by atoms with Gasteiger partial charge in [0.15, 0.2) is 5.96 Å². The number of amides is 1. The number of carbonyl (C=O) groups is 1. The standard InChI is InChI=1S/C19H32N4O2S/c1-14(13-26-16-10-8-7-9-15(16)25-6)11-21-18(20-5)22-12-17(24)23-19(2,3)4/h7-10,14H,11-13H2,1-6H3,(H,23,24)(H2,20,21,22). The van der Waals surface area contributed by atoms with Gasteiger partial charge in [-0.15, -0.1) is 11.8 Å². The number of nitrogens with zero attached hydrogens (tertiary/aromatic N) is 1. The Hall–Kier alpha value is -1.89. The van der Waals surface area contributed by atoms with Crippen molar-refractivity contribution in [3.8, 4) is 5.75 Å². The maximum absolute atomic E-state index is 11.9. The summed E-state index contributed by atoms with van der Waals surface area (Å²) in [4.78, 5) is 17.2. The predicted molar refractivity (Wildman–Crippen MR) is 110 cm³/mol. The lowest BCUT2D eigenvalue weighted by atomic mass is 10.1. The Morgan fingerprint density at radius 2 is 1.96 bits per heavy atom. The van der Waals surface area contributed by atoms with E-state index in [9.17, 15) is 4.79 Å². The molecule has 0 spiro atoms. The first-order chi connectivity index (χ1) is 12.2. The van der Waals surface area contributed by atoms with Crippen LogP contribution >= 0.6 is 11.8 Å². The number of aliphatic imine (C=N–C) groups is 1. The molecule has 0 aliphatic heterocycles. The monoisotopic (exact) mass is 380 g/mol. The first-order valence-electron chi connectivity index (χ1n) is 8.76. The van der Waals surface area contributed by atoms with E-state index in [0.29, 0.717) is 11.9 Å². The van der Waals surface area contributed by atoms with E-state index < -0.39 is 0 Å². The molecule has 146 valence electrons. The Balaban J connectivity index is 2.35. The summed E-state index contributed by atoms with van der Waals surface area (Å²) in [6.45, 7) is 9.01. The fourth-order valence-corrected chi connectivity index (χ4v) is 3.20. The lowest BCUT2D eigenvalue weighted by Crippen LogP contribution is -2.48. The number of hydrogen-bond donors (Lipinski definition) is 3. The molecule has 0 saturated heterocycles. The van der Waals surface area contributed by atoms with Crippen molar-refractivity contribution in [2.45, 2.75) is 38.1 Å². The van der Waals surface area contributed by atoms with Crippen molar-refractivity contribution in [2.24, 2.45) is 10.9 Å². The molecule has 1 unspecified atom stereocenters. The van der Waals surface area contributed by atoms with Gasteiger partial charge in [0.05, 0.1) is 13.7 Å². The largest absolute Gasteiger partial charge is 0.496 e. The summed E-state index contributed by atoms with van der Waals surface area (Å²) in [7, 11) is 3.39. The summed E-state index contributed by atoms with van der Waals surface area (Å²) in [6.07, 6.45) is 0. The van der Waals surface area contributed by atoms with Gasteiger partial charge in [0.2, 0.25) is 5.91 Å². The summed E-state index contributed by atoms with van der Waals surface area (Å²) < 4.78 is 5.38. The van der Waals surface area contributed by atoms with Crippen molar-refractivity contribution < 1.29 is 9.53 Å². The maximum atomic E-state index is 11.9. The number of thioether (sulfide) groups is 1. The van der Waals surface area contributed by atoms with E-state index in [0.717, 1.165) is 22.9 Å². The Morgan fingerprint density at radius 1 is 1.27 bits per heavy atom. The number of rotatable bonds is 8. The van der Waals surface area contributed by atoms with Crippen molar-refractivity contribution in [1.82, 2.24) is 16.0 Å². The zero-order valence-corrected chi connectivity index (χ0v) is 17.5. The van der Waals surface area contributed by atoms with E-state index in [1.807, 2.05) is 39.0 Å². The predicted octanol–water partition coefficient (Wildman–Crippen LogP) is 2.50. The van der Waals surface area contributed by atoms with Crippen LogP contribution in [0.5, 0.6) is 5.75 Å². The highest BCUT2D eigenvalue weighted by Crippen LogP contribution is 2.29. The Labute approximate surface area is 161 Å². The molecule has 0 radical (unpaired) electrons. The molecule has 26 heavy (non-hydrogen) atoms. The zero-order valence-electron chi connectivity index (χ0n) is 16.7. The van der Waals surface area contributed by atoms with Gasteiger partial charge in [-0.3, -0.25) is 9.79 Å². The van der Waals surface area contributed by atoms with Crippen LogP contribution in [0.4, 0.5) is 0 Å². The molecule has 0 bridgehead atoms. The second-order valence-corrected chi connectivity index (χ2v) is 8.23. The van der Waals surface area contributed by atoms with E-state index >= 15 is 0 Å². The number of nitrogens with one attached hydrogen (secondary N) is 3. The van der Waals surface area contributed by atoms with E-state index in [-0.39, 0.29) is 18.0 Å². The summed E-state index contributed by atoms with van der Waals surface area (Å²) in [5.74, 6) is 2.85. The first kappa shape index (κ1) is 22.2. The minimum Gasteiger partial charge on any atom is -0.496 e. The smallest absolute Gasteiger partial charge is 0.239 e. The van der Waals surface area contributed by atoms with Crippen LogP contribution < -0.4 is 20.7 Å². The van der Waals surface area contributed by atoms with Gasteiger partial charge in [-0.1, -0.05) is 19.1 Å². The van der Waals surface area contributed by atoms with Gasteiger partial charge in [-0.25, -0.2) is 0 Å². The molecular weight excluding hydrogens is 348 g/mol. The van der Waals surface area contributed by atoms with Gasteiger partial charge < -0.3 is 20.7 Å². The molecule has 1 aromatic rings. The molecule has 6 nitrogen and oxygen atoms in total. The van der Waals surface area contributed by atoms with Gasteiger partial charge in [-0.2, -0.15) is 0 Å². The number of carbonyl (C=O) groups excluding carboxylic acids is 1. The molecule has 0 fully saturated rings. The van der Waals surface area contributed by atoms with Crippen molar-refractivity contribution in [1.29, 1.82) is 0 Å². The van der Waals surface area contributed by atoms with Gasteiger partial charge in [0.1, 0.15) is 5.75 Å². The van der Waals surface area contributed by atoms with Crippen molar-refractivity contribution in [3.05, 3.63) is 24.3 Å². The molecule has 7 heteroatoms. The zero-order chi connectivity index (χ0) is 19.6. The molecule has 0 aliphatic carbocycles. The van der Waals surface area contributed by atoms with E-state index in [1.165, 1.54) is 0 Å². The molecule has 0 heterocycles. The number of ether oxygens (including phenoxy) is 1. The average molecular weight is 381 g/mol. The van der Waals surface area contributed by atoms with E-state index in [1.54, 1.807) is 25.9 Å². The molecule has 1 amide bonds. The van der Waals surface area contributed by atoms with Crippen molar-refractivity contribution in [2.75, 3.05) is 33.0 Å². The molecular formula is C19H32N4O2S. The third-order valence-corrected chi connectivity index (χ3v) is 4.75. The summed E-state index contributed by atoms with van der Waals surface area (Å²) in [6, 6.07) is 8.03. The topological polar surface area (TPSA) is 74.8 Å². The highest BCUT2D eigenvalue weighted by atomic mass is 32.2. The van der Waals surface area contributed by atoms with Gasteiger partial charge in [0.25, 0.3) is 0 Å². The lowest BCUT2D eigenvalue weighted by Gasteiger charge is -2.21. The molecule has 3 N–H and O–H groups in total. The SMILES string of the molecule is CN=C(NCC(=O)NC(C)(C)C)NCC(C)CSc1ccccc1OC. The minimum absolute atomic E-state index is 0.0553. The van der Waals surface area contributed by atoms with Crippen LogP contribution in [0.15, 0.2) is 34.2 Å². The maximum Gasteiger partial charge on any atom is 0.239 e. The minimum atomic E-state index is -0.236. The Morgan fingerprint density at radius 3 is 2.58 bits per heavy atom. The fourth-order valence-electron chi connectivity index (χ4n) is 2.15. The van der Waals surface area contributed by atoms with Crippen molar-refractivity contribution >= 4 is 23.6 Å². The van der Waals surface area contributed by atoms with Crippen LogP contribution in [-0.4, -0.2) is 50.4 Å². The number of para-hydroxylation sites is 1. The fraction of sp³-hybridized carbons (Fsp3) is 0.579. The van der Waals surface area contributed by atoms with Gasteiger partial charge in [-0.05, 0) is 38.8 Å². The second kappa shape index (κ2) is 11.0. The van der Waals surface area contributed by atoms with E-state index in [4.69, 9.17) is 4.74 Å². The molecule has 0 saturated carbocycles. The number of hydrogen-bond acceptors (Lipinski definition) is 4. The number of benzene rings is 1. The molecule has 1 rings (SSSR count). The Kier molecular flexibility index (Phi) is 9.34. The summed E-state index contributed by atoms with van der Waals surface area (Å²) in [5, 5.41) is 9.22. The summed E-state index contributed by atoms with van der Waals surface area (Å²) in [5.41, 5.74) is -0.236. The Bertz CT molecular complexity index is 599. The second-order valence-electron chi connectivity index (χ2n) is 7.17.